The molecule has 0 bridgehead atoms. The Morgan fingerprint density at radius 1 is 1.00 bits per heavy atom. The standard InChI is InChI=1S/C24H32N6.HI/c1-25-24(27-19-23(29(2)3)18-21-8-5-4-6-9-21)26-16-14-20-10-12-22(13-11-20)30-17-7-15-28-30;/h4-13,15,17,23H,14,16,18-19H2,1-3H3,(H2,25,26,27);1H. The minimum Gasteiger partial charge on any atom is -0.356 e. The zero-order valence-corrected chi connectivity index (χ0v) is 20.9. The Morgan fingerprint density at radius 3 is 2.35 bits per heavy atom. The smallest absolute Gasteiger partial charge is 0.191 e. The molecule has 0 radical (unpaired) electrons. The monoisotopic (exact) mass is 532 g/mol. The first-order valence-electron chi connectivity index (χ1n) is 10.4. The van der Waals surface area contributed by atoms with E-state index in [0.717, 1.165) is 37.6 Å². The van der Waals surface area contributed by atoms with Crippen LogP contribution in [0.4, 0.5) is 0 Å². The van der Waals surface area contributed by atoms with Gasteiger partial charge in [0.15, 0.2) is 5.96 Å². The van der Waals surface area contributed by atoms with Crippen LogP contribution in [-0.4, -0.2) is 60.9 Å². The average Bonchev–Trinajstić information content (AvgIpc) is 3.31. The number of guanidine groups is 1. The van der Waals surface area contributed by atoms with Crippen LogP contribution in [0.25, 0.3) is 5.69 Å². The van der Waals surface area contributed by atoms with Gasteiger partial charge in [-0.2, -0.15) is 5.10 Å². The SMILES string of the molecule is CN=C(NCCc1ccc(-n2cccn2)cc1)NCC(Cc1ccccc1)N(C)C.I. The zero-order valence-electron chi connectivity index (χ0n) is 18.5. The number of hydrogen-bond donors (Lipinski definition) is 2. The van der Waals surface area contributed by atoms with Crippen molar-refractivity contribution < 1.29 is 0 Å². The van der Waals surface area contributed by atoms with Gasteiger partial charge < -0.3 is 15.5 Å². The third-order valence-corrected chi connectivity index (χ3v) is 5.18. The number of nitrogens with zero attached hydrogens (tertiary/aromatic N) is 4. The summed E-state index contributed by atoms with van der Waals surface area (Å²) in [6.07, 6.45) is 5.67. The predicted molar refractivity (Wildman–Crippen MR) is 140 cm³/mol. The Balaban J connectivity index is 0.00000341. The van der Waals surface area contributed by atoms with Crippen LogP contribution in [0, 0.1) is 0 Å². The first kappa shape index (κ1) is 24.9. The summed E-state index contributed by atoms with van der Waals surface area (Å²) in [7, 11) is 6.06. The summed E-state index contributed by atoms with van der Waals surface area (Å²) in [6.45, 7) is 1.66. The van der Waals surface area contributed by atoms with Crippen molar-refractivity contribution in [2.24, 2.45) is 4.99 Å². The molecule has 0 saturated heterocycles. The lowest BCUT2D eigenvalue weighted by Crippen LogP contribution is -2.46. The van der Waals surface area contributed by atoms with Gasteiger partial charge in [-0.15, -0.1) is 24.0 Å². The van der Waals surface area contributed by atoms with Gasteiger partial charge in [-0.25, -0.2) is 4.68 Å². The molecule has 3 aromatic rings. The molecule has 6 nitrogen and oxygen atoms in total. The van der Waals surface area contributed by atoms with Gasteiger partial charge in [0.25, 0.3) is 0 Å². The molecule has 0 aliphatic carbocycles. The van der Waals surface area contributed by atoms with Crippen molar-refractivity contribution in [3.05, 3.63) is 84.2 Å². The summed E-state index contributed by atoms with van der Waals surface area (Å²) in [5, 5.41) is 11.2. The summed E-state index contributed by atoms with van der Waals surface area (Å²) in [6, 6.07) is 21.4. The van der Waals surface area contributed by atoms with E-state index < -0.39 is 0 Å². The number of benzene rings is 2. The van der Waals surface area contributed by atoms with Crippen LogP contribution in [0.2, 0.25) is 0 Å². The number of halogens is 1. The van der Waals surface area contributed by atoms with Gasteiger partial charge >= 0.3 is 0 Å². The number of likely N-dealkylation sites (N-methyl/N-ethyl adjacent to an activating group) is 1. The van der Waals surface area contributed by atoms with Gasteiger partial charge in [0.05, 0.1) is 5.69 Å². The Kier molecular flexibility index (Phi) is 10.5. The highest BCUT2D eigenvalue weighted by molar-refractivity contribution is 14.0. The minimum absolute atomic E-state index is 0. The second-order valence-electron chi connectivity index (χ2n) is 7.55. The van der Waals surface area contributed by atoms with Gasteiger partial charge in [0.2, 0.25) is 0 Å². The number of nitrogens with one attached hydrogen (secondary N) is 2. The minimum atomic E-state index is 0. The fourth-order valence-electron chi connectivity index (χ4n) is 3.32. The average molecular weight is 532 g/mol. The third kappa shape index (κ3) is 7.99. The molecule has 1 atom stereocenters. The van der Waals surface area contributed by atoms with Crippen molar-refractivity contribution in [3.63, 3.8) is 0 Å². The molecular formula is C24H33IN6. The summed E-state index contributed by atoms with van der Waals surface area (Å²) < 4.78 is 1.87. The van der Waals surface area contributed by atoms with Crippen molar-refractivity contribution in [1.29, 1.82) is 0 Å². The maximum Gasteiger partial charge on any atom is 0.191 e. The molecule has 0 saturated carbocycles. The van der Waals surface area contributed by atoms with Gasteiger partial charge in [0, 0.05) is 38.6 Å². The molecule has 1 aromatic heterocycles. The second kappa shape index (κ2) is 13.1. The van der Waals surface area contributed by atoms with Crippen molar-refractivity contribution in [2.75, 3.05) is 34.2 Å². The Morgan fingerprint density at radius 2 is 1.74 bits per heavy atom. The van der Waals surface area contributed by atoms with Gasteiger partial charge in [-0.1, -0.05) is 42.5 Å². The van der Waals surface area contributed by atoms with Crippen LogP contribution < -0.4 is 10.6 Å². The highest BCUT2D eigenvalue weighted by Crippen LogP contribution is 2.09. The van der Waals surface area contributed by atoms with Gasteiger partial charge in [0.1, 0.15) is 0 Å². The number of aliphatic imine (C=N–C) groups is 1. The lowest BCUT2D eigenvalue weighted by atomic mass is 10.1. The van der Waals surface area contributed by atoms with Crippen LogP contribution in [0.15, 0.2) is 78.0 Å². The topological polar surface area (TPSA) is 57.5 Å². The number of hydrogen-bond acceptors (Lipinski definition) is 3. The van der Waals surface area contributed by atoms with Crippen LogP contribution in [0.5, 0.6) is 0 Å². The van der Waals surface area contributed by atoms with E-state index in [2.05, 4.69) is 94.3 Å². The Labute approximate surface area is 202 Å². The Bertz CT molecular complexity index is 892. The van der Waals surface area contributed by atoms with E-state index in [1.54, 1.807) is 6.20 Å². The van der Waals surface area contributed by atoms with Crippen molar-refractivity contribution in [1.82, 2.24) is 25.3 Å². The fourth-order valence-corrected chi connectivity index (χ4v) is 3.32. The summed E-state index contributed by atoms with van der Waals surface area (Å²) in [5.41, 5.74) is 3.70. The zero-order chi connectivity index (χ0) is 21.2. The summed E-state index contributed by atoms with van der Waals surface area (Å²) in [5.74, 6) is 0.836. The molecule has 2 N–H and O–H groups in total. The molecule has 0 aliphatic heterocycles. The molecule has 0 aliphatic rings. The molecule has 0 spiro atoms. The number of aromatic nitrogens is 2. The molecule has 31 heavy (non-hydrogen) atoms. The third-order valence-electron chi connectivity index (χ3n) is 5.18. The van der Waals surface area contributed by atoms with E-state index >= 15 is 0 Å². The van der Waals surface area contributed by atoms with Crippen molar-refractivity contribution in [3.8, 4) is 5.69 Å². The first-order chi connectivity index (χ1) is 14.7. The van der Waals surface area contributed by atoms with Crippen molar-refractivity contribution in [2.45, 2.75) is 18.9 Å². The van der Waals surface area contributed by atoms with E-state index in [4.69, 9.17) is 0 Å². The quantitative estimate of drug-likeness (QED) is 0.252. The molecule has 0 amide bonds. The first-order valence-corrected chi connectivity index (χ1v) is 10.4. The molecule has 3 rings (SSSR count). The van der Waals surface area contributed by atoms with Gasteiger partial charge in [-0.05, 0) is 56.3 Å². The molecular weight excluding hydrogens is 499 g/mol. The molecule has 7 heteroatoms. The fraction of sp³-hybridized carbons (Fsp3) is 0.333. The van der Waals surface area contributed by atoms with Crippen LogP contribution in [-0.2, 0) is 12.8 Å². The lowest BCUT2D eigenvalue weighted by Gasteiger charge is -2.25. The summed E-state index contributed by atoms with van der Waals surface area (Å²) >= 11 is 0. The molecule has 1 heterocycles. The molecule has 1 unspecified atom stereocenters. The van der Waals surface area contributed by atoms with E-state index in [1.165, 1.54) is 11.1 Å². The largest absolute Gasteiger partial charge is 0.356 e. The highest BCUT2D eigenvalue weighted by Gasteiger charge is 2.13. The predicted octanol–water partition coefficient (Wildman–Crippen LogP) is 3.37. The van der Waals surface area contributed by atoms with E-state index in [9.17, 15) is 0 Å². The second-order valence-corrected chi connectivity index (χ2v) is 7.55. The molecule has 2 aromatic carbocycles. The Hall–Kier alpha value is -2.39. The highest BCUT2D eigenvalue weighted by atomic mass is 127. The van der Waals surface area contributed by atoms with Crippen molar-refractivity contribution >= 4 is 29.9 Å². The van der Waals surface area contributed by atoms with Gasteiger partial charge in [-0.3, -0.25) is 4.99 Å². The normalized spacial score (nSPS) is 12.3. The number of rotatable bonds is 9. The maximum atomic E-state index is 4.37. The van der Waals surface area contributed by atoms with Crippen LogP contribution in [0.1, 0.15) is 11.1 Å². The van der Waals surface area contributed by atoms with E-state index in [-0.39, 0.29) is 24.0 Å². The molecule has 166 valence electrons. The van der Waals surface area contributed by atoms with Crippen LogP contribution in [0.3, 0.4) is 0 Å². The maximum absolute atomic E-state index is 4.37. The van der Waals surface area contributed by atoms with E-state index in [0.29, 0.717) is 6.04 Å². The summed E-state index contributed by atoms with van der Waals surface area (Å²) in [4.78, 5) is 6.63. The lowest BCUT2D eigenvalue weighted by molar-refractivity contribution is 0.290. The van der Waals surface area contributed by atoms with E-state index in [1.807, 2.05) is 24.0 Å². The van der Waals surface area contributed by atoms with Crippen LogP contribution >= 0.6 is 24.0 Å². The molecule has 0 fully saturated rings.